The second-order valence-electron chi connectivity index (χ2n) is 4.22. The van der Waals surface area contributed by atoms with Gasteiger partial charge in [0.05, 0.1) is 11.4 Å². The van der Waals surface area contributed by atoms with Gasteiger partial charge in [-0.3, -0.25) is 4.79 Å². The van der Waals surface area contributed by atoms with Gasteiger partial charge in [-0.05, 0) is 0 Å². The van der Waals surface area contributed by atoms with Gasteiger partial charge in [-0.1, -0.05) is 0 Å². The summed E-state index contributed by atoms with van der Waals surface area (Å²) < 4.78 is 1.55. The van der Waals surface area contributed by atoms with Crippen molar-refractivity contribution in [2.45, 2.75) is 6.92 Å². The van der Waals surface area contributed by atoms with Gasteiger partial charge in [-0.2, -0.15) is 0 Å². The van der Waals surface area contributed by atoms with E-state index in [0.717, 1.165) is 0 Å². The van der Waals surface area contributed by atoms with E-state index in [1.54, 1.807) is 22.7 Å². The van der Waals surface area contributed by atoms with E-state index in [9.17, 15) is 14.7 Å². The molecule has 0 saturated heterocycles. The molecule has 0 radical (unpaired) electrons. The Morgan fingerprint density at radius 1 is 1.29 bits per heavy atom. The van der Waals surface area contributed by atoms with E-state index >= 15 is 0 Å². The lowest BCUT2D eigenvalue weighted by Crippen LogP contribution is -2.41. The zero-order chi connectivity index (χ0) is 12.7. The number of nitrogens with zero attached hydrogens (tertiary/aromatic N) is 3. The van der Waals surface area contributed by atoms with Gasteiger partial charge in [-0.25, -0.2) is 4.79 Å². The molecule has 0 unspecified atom stereocenters. The van der Waals surface area contributed by atoms with Crippen LogP contribution in [0.2, 0.25) is 0 Å². The summed E-state index contributed by atoms with van der Waals surface area (Å²) in [6.07, 6.45) is 1.69. The molecule has 1 N–H and O–H groups in total. The number of likely N-dealkylation sites (N-methyl/N-ethyl adjacent to an activating group) is 1. The summed E-state index contributed by atoms with van der Waals surface area (Å²) >= 11 is 0. The van der Waals surface area contributed by atoms with Crippen LogP contribution in [0.25, 0.3) is 0 Å². The molecule has 1 aromatic rings. The number of carbonyl (C=O) groups excluding carboxylic acids is 1. The van der Waals surface area contributed by atoms with E-state index in [4.69, 9.17) is 0 Å². The molecule has 0 aliphatic carbocycles. The summed E-state index contributed by atoms with van der Waals surface area (Å²) in [4.78, 5) is 26.2. The maximum Gasteiger partial charge on any atom is 0.354 e. The van der Waals surface area contributed by atoms with Gasteiger partial charge in [0.25, 0.3) is 0 Å². The lowest BCUT2D eigenvalue weighted by Gasteiger charge is -2.33. The predicted molar refractivity (Wildman–Crippen MR) is 63.7 cm³/mol. The highest BCUT2D eigenvalue weighted by Crippen LogP contribution is 2.36. The number of rotatable bonds is 1. The lowest BCUT2D eigenvalue weighted by molar-refractivity contribution is -0.116. The van der Waals surface area contributed by atoms with E-state index in [-0.39, 0.29) is 11.6 Å². The first kappa shape index (κ1) is 11.5. The summed E-state index contributed by atoms with van der Waals surface area (Å²) in [5.74, 6) is -1.05. The number of fused-ring (bicyclic) bond motifs is 1. The van der Waals surface area contributed by atoms with Crippen LogP contribution < -0.4 is 9.80 Å². The molecule has 0 spiro atoms. The minimum Gasteiger partial charge on any atom is -0.477 e. The molecule has 6 heteroatoms. The highest BCUT2D eigenvalue weighted by molar-refractivity contribution is 6.03. The molecule has 1 amide bonds. The third-order valence-electron chi connectivity index (χ3n) is 3.05. The summed E-state index contributed by atoms with van der Waals surface area (Å²) in [6.45, 7) is 2.71. The molecular weight excluding hydrogens is 222 g/mol. The number of amides is 1. The van der Waals surface area contributed by atoms with E-state index in [1.165, 1.54) is 6.92 Å². The Morgan fingerprint density at radius 2 is 1.94 bits per heavy atom. The Bertz CT molecular complexity index is 492. The molecule has 1 aliphatic rings. The first-order valence-corrected chi connectivity index (χ1v) is 5.35. The van der Waals surface area contributed by atoms with E-state index < -0.39 is 5.97 Å². The van der Waals surface area contributed by atoms with Crippen molar-refractivity contribution in [1.82, 2.24) is 4.57 Å². The molecule has 0 bridgehead atoms. The average molecular weight is 237 g/mol. The SMILES string of the molecule is CC(=O)N1CCN(C)c2c1cn(C)c2C(=O)O. The molecule has 2 rings (SSSR count). The Hall–Kier alpha value is -1.98. The fourth-order valence-corrected chi connectivity index (χ4v) is 2.23. The summed E-state index contributed by atoms with van der Waals surface area (Å²) in [5, 5.41) is 9.20. The number of carbonyl (C=O) groups is 2. The van der Waals surface area contributed by atoms with Crippen molar-refractivity contribution < 1.29 is 14.7 Å². The molecule has 0 atom stereocenters. The van der Waals surface area contributed by atoms with Crippen molar-refractivity contribution in [2.24, 2.45) is 7.05 Å². The number of aromatic nitrogens is 1. The summed E-state index contributed by atoms with van der Waals surface area (Å²) in [5.41, 5.74) is 1.50. The minimum absolute atomic E-state index is 0.0677. The average Bonchev–Trinajstić information content (AvgIpc) is 2.55. The van der Waals surface area contributed by atoms with Gasteiger partial charge in [-0.15, -0.1) is 0 Å². The van der Waals surface area contributed by atoms with Crippen LogP contribution in [-0.4, -0.2) is 41.7 Å². The highest BCUT2D eigenvalue weighted by atomic mass is 16.4. The fourth-order valence-electron chi connectivity index (χ4n) is 2.23. The first-order valence-electron chi connectivity index (χ1n) is 5.35. The van der Waals surface area contributed by atoms with E-state index in [1.807, 2.05) is 11.9 Å². The number of aryl methyl sites for hydroxylation is 1. The molecule has 0 aromatic carbocycles. The molecule has 0 saturated carbocycles. The molecule has 2 heterocycles. The Balaban J connectivity index is 2.63. The number of carboxylic acid groups (broad SMARTS) is 1. The third kappa shape index (κ3) is 1.65. The predicted octanol–water partition coefficient (Wildman–Crippen LogP) is 0.526. The van der Waals surface area contributed by atoms with Crippen LogP contribution in [0.15, 0.2) is 6.20 Å². The van der Waals surface area contributed by atoms with Crippen molar-refractivity contribution in [3.8, 4) is 0 Å². The van der Waals surface area contributed by atoms with Crippen molar-refractivity contribution in [1.29, 1.82) is 0 Å². The molecule has 92 valence electrons. The summed E-state index contributed by atoms with van der Waals surface area (Å²) in [7, 11) is 3.51. The largest absolute Gasteiger partial charge is 0.477 e. The second kappa shape index (κ2) is 3.80. The zero-order valence-corrected chi connectivity index (χ0v) is 10.1. The van der Waals surface area contributed by atoms with Gasteiger partial charge >= 0.3 is 5.97 Å². The van der Waals surface area contributed by atoms with Crippen LogP contribution >= 0.6 is 0 Å². The lowest BCUT2D eigenvalue weighted by atomic mass is 10.2. The normalized spacial score (nSPS) is 14.8. The van der Waals surface area contributed by atoms with Crippen molar-refractivity contribution in [3.63, 3.8) is 0 Å². The molecule has 0 fully saturated rings. The number of hydrogen-bond donors (Lipinski definition) is 1. The molecule has 1 aliphatic heterocycles. The molecular formula is C11H15N3O3. The van der Waals surface area contributed by atoms with Crippen LogP contribution in [-0.2, 0) is 11.8 Å². The van der Waals surface area contributed by atoms with Gasteiger partial charge in [0, 0.05) is 40.3 Å². The molecule has 6 nitrogen and oxygen atoms in total. The Morgan fingerprint density at radius 3 is 2.47 bits per heavy atom. The maximum absolute atomic E-state index is 11.5. The summed E-state index contributed by atoms with van der Waals surface area (Å²) in [6, 6.07) is 0. The van der Waals surface area contributed by atoms with Crippen molar-refractivity contribution >= 4 is 23.3 Å². The smallest absolute Gasteiger partial charge is 0.354 e. The molecule has 17 heavy (non-hydrogen) atoms. The Labute approximate surface area is 99.0 Å². The third-order valence-corrected chi connectivity index (χ3v) is 3.05. The molecule has 1 aromatic heterocycles. The van der Waals surface area contributed by atoms with Crippen molar-refractivity contribution in [3.05, 3.63) is 11.9 Å². The van der Waals surface area contributed by atoms with Crippen LogP contribution in [0.1, 0.15) is 17.4 Å². The number of carboxylic acids is 1. The Kier molecular flexibility index (Phi) is 2.57. The standard InChI is InChI=1S/C11H15N3O3/c1-7(15)14-5-4-12(2)9-8(14)6-13(3)10(9)11(16)17/h6H,4-5H2,1-3H3,(H,16,17). The second-order valence-corrected chi connectivity index (χ2v) is 4.22. The van der Waals surface area contributed by atoms with Gasteiger partial charge in [0.2, 0.25) is 5.91 Å². The van der Waals surface area contributed by atoms with Crippen LogP contribution in [0, 0.1) is 0 Å². The van der Waals surface area contributed by atoms with E-state index in [0.29, 0.717) is 24.5 Å². The van der Waals surface area contributed by atoms with Gasteiger partial charge in [0.15, 0.2) is 5.69 Å². The maximum atomic E-state index is 11.5. The fraction of sp³-hybridized carbons (Fsp3) is 0.455. The quantitative estimate of drug-likeness (QED) is 0.773. The monoisotopic (exact) mass is 237 g/mol. The van der Waals surface area contributed by atoms with Crippen molar-refractivity contribution in [2.75, 3.05) is 29.9 Å². The topological polar surface area (TPSA) is 65.8 Å². The number of hydrogen-bond acceptors (Lipinski definition) is 3. The van der Waals surface area contributed by atoms with E-state index in [2.05, 4.69) is 0 Å². The van der Waals surface area contributed by atoms with Crippen LogP contribution in [0.3, 0.4) is 0 Å². The van der Waals surface area contributed by atoms with Gasteiger partial charge in [0.1, 0.15) is 0 Å². The highest BCUT2D eigenvalue weighted by Gasteiger charge is 2.30. The number of aromatic carboxylic acids is 1. The number of anilines is 2. The van der Waals surface area contributed by atoms with Gasteiger partial charge < -0.3 is 19.5 Å². The minimum atomic E-state index is -0.981. The first-order chi connectivity index (χ1) is 7.93. The zero-order valence-electron chi connectivity index (χ0n) is 10.1. The van der Waals surface area contributed by atoms with Crippen LogP contribution in [0.4, 0.5) is 11.4 Å². The van der Waals surface area contributed by atoms with Crippen LogP contribution in [0.5, 0.6) is 0 Å².